The molecule has 0 aliphatic carbocycles. The van der Waals surface area contributed by atoms with E-state index in [1.54, 1.807) is 25.3 Å². The van der Waals surface area contributed by atoms with E-state index in [9.17, 15) is 14.0 Å². The van der Waals surface area contributed by atoms with Crippen LogP contribution in [0.15, 0.2) is 65.6 Å². The number of halogens is 1. The molecule has 0 atom stereocenters. The van der Waals surface area contributed by atoms with Crippen LogP contribution in [-0.2, 0) is 0 Å². The van der Waals surface area contributed by atoms with Crippen molar-refractivity contribution in [2.24, 2.45) is 0 Å². The lowest BCUT2D eigenvalue weighted by atomic mass is 10.2. The molecule has 162 valence electrons. The molecule has 0 bridgehead atoms. The highest BCUT2D eigenvalue weighted by Crippen LogP contribution is 2.22. The van der Waals surface area contributed by atoms with Gasteiger partial charge in [-0.05, 0) is 61.0 Å². The molecule has 4 rings (SSSR count). The molecule has 10 heteroatoms. The summed E-state index contributed by atoms with van der Waals surface area (Å²) in [7, 11) is 1.56. The first-order valence-corrected chi connectivity index (χ1v) is 9.46. The topological polar surface area (TPSA) is 111 Å². The van der Waals surface area contributed by atoms with Crippen LogP contribution in [-0.4, -0.2) is 33.7 Å². The molecule has 0 radical (unpaired) electrons. The number of rotatable bonds is 6. The van der Waals surface area contributed by atoms with Crippen LogP contribution < -0.4 is 15.4 Å². The van der Waals surface area contributed by atoms with Crippen molar-refractivity contribution >= 4 is 23.2 Å². The van der Waals surface area contributed by atoms with Gasteiger partial charge in [0, 0.05) is 11.4 Å². The van der Waals surface area contributed by atoms with Gasteiger partial charge >= 0.3 is 0 Å². The number of nitrogens with zero attached hydrogens (tertiary/aromatic N) is 3. The maximum Gasteiger partial charge on any atom is 0.291 e. The number of aromatic nitrogens is 3. The second-order valence-electron chi connectivity index (χ2n) is 6.76. The van der Waals surface area contributed by atoms with Gasteiger partial charge in [-0.1, -0.05) is 0 Å². The minimum absolute atomic E-state index is 0.0434. The first-order valence-electron chi connectivity index (χ1n) is 9.46. The number of amides is 2. The number of carbonyl (C=O) groups excluding carboxylic acids is 2. The fraction of sp³-hybridized carbons (Fsp3) is 0.0909. The number of anilines is 2. The molecule has 0 unspecified atom stereocenters. The molecule has 0 saturated heterocycles. The lowest BCUT2D eigenvalue weighted by molar-refractivity contribution is 0.0974. The summed E-state index contributed by atoms with van der Waals surface area (Å²) >= 11 is 0. The number of ether oxygens (including phenoxy) is 1. The molecular formula is C22H18FN5O4. The van der Waals surface area contributed by atoms with Crippen molar-refractivity contribution in [3.8, 4) is 11.4 Å². The molecule has 0 spiro atoms. The van der Waals surface area contributed by atoms with Gasteiger partial charge in [-0.3, -0.25) is 9.59 Å². The summed E-state index contributed by atoms with van der Waals surface area (Å²) in [6, 6.07) is 12.1. The summed E-state index contributed by atoms with van der Waals surface area (Å²) in [5.41, 5.74) is 1.79. The Morgan fingerprint density at radius 3 is 2.41 bits per heavy atom. The molecule has 32 heavy (non-hydrogen) atoms. The molecule has 2 aromatic carbocycles. The van der Waals surface area contributed by atoms with Crippen LogP contribution in [0.3, 0.4) is 0 Å². The highest BCUT2D eigenvalue weighted by molar-refractivity contribution is 6.06. The third kappa shape index (κ3) is 4.33. The van der Waals surface area contributed by atoms with Crippen molar-refractivity contribution in [2.45, 2.75) is 6.92 Å². The van der Waals surface area contributed by atoms with Gasteiger partial charge in [0.1, 0.15) is 24.1 Å². The van der Waals surface area contributed by atoms with Crippen LogP contribution in [0, 0.1) is 12.7 Å². The molecule has 2 amide bonds. The van der Waals surface area contributed by atoms with Gasteiger partial charge in [0.2, 0.25) is 0 Å². The first-order chi connectivity index (χ1) is 15.4. The summed E-state index contributed by atoms with van der Waals surface area (Å²) in [6.45, 7) is 1.83. The number of methoxy groups -OCH3 is 1. The Morgan fingerprint density at radius 1 is 1.03 bits per heavy atom. The van der Waals surface area contributed by atoms with E-state index < -0.39 is 17.6 Å². The zero-order valence-electron chi connectivity index (χ0n) is 17.1. The summed E-state index contributed by atoms with van der Waals surface area (Å²) in [5, 5.41) is 9.12. The number of benzene rings is 2. The van der Waals surface area contributed by atoms with Crippen molar-refractivity contribution in [2.75, 3.05) is 17.7 Å². The quantitative estimate of drug-likeness (QED) is 0.476. The highest BCUT2D eigenvalue weighted by Gasteiger charge is 2.17. The van der Waals surface area contributed by atoms with Gasteiger partial charge in [-0.25, -0.2) is 14.1 Å². The fourth-order valence-corrected chi connectivity index (χ4v) is 2.97. The summed E-state index contributed by atoms with van der Waals surface area (Å²) in [4.78, 5) is 28.7. The Bertz CT molecular complexity index is 1280. The van der Waals surface area contributed by atoms with Gasteiger partial charge in [0.25, 0.3) is 11.8 Å². The fourth-order valence-electron chi connectivity index (χ4n) is 2.97. The van der Waals surface area contributed by atoms with Gasteiger partial charge in [0.05, 0.1) is 7.11 Å². The molecule has 2 N–H and O–H groups in total. The summed E-state index contributed by atoms with van der Waals surface area (Å²) in [6.07, 6.45) is 2.65. The van der Waals surface area contributed by atoms with Gasteiger partial charge in [0.15, 0.2) is 17.3 Å². The van der Waals surface area contributed by atoms with Gasteiger partial charge in [-0.2, -0.15) is 5.10 Å². The number of aryl methyl sites for hydroxylation is 1. The van der Waals surface area contributed by atoms with Crippen molar-refractivity contribution in [3.05, 3.63) is 84.1 Å². The van der Waals surface area contributed by atoms with Crippen LogP contribution in [0.25, 0.3) is 5.69 Å². The van der Waals surface area contributed by atoms with E-state index in [4.69, 9.17) is 9.15 Å². The highest BCUT2D eigenvalue weighted by atomic mass is 19.1. The third-order valence-electron chi connectivity index (χ3n) is 4.61. The lowest BCUT2D eigenvalue weighted by Gasteiger charge is -2.09. The Balaban J connectivity index is 1.43. The predicted octanol–water partition coefficient (Wildman–Crippen LogP) is 3.82. The smallest absolute Gasteiger partial charge is 0.291 e. The number of furan rings is 1. The van der Waals surface area contributed by atoms with Gasteiger partial charge in [-0.15, -0.1) is 0 Å². The van der Waals surface area contributed by atoms with E-state index in [1.807, 2.05) is 6.92 Å². The monoisotopic (exact) mass is 435 g/mol. The zero-order chi connectivity index (χ0) is 22.7. The second kappa shape index (κ2) is 8.72. The largest absolute Gasteiger partial charge is 0.497 e. The van der Waals surface area contributed by atoms with Gasteiger partial charge < -0.3 is 19.8 Å². The number of nitrogens with one attached hydrogen (secondary N) is 2. The maximum absolute atomic E-state index is 14.3. The Kier molecular flexibility index (Phi) is 5.67. The first kappa shape index (κ1) is 20.8. The molecule has 0 aliphatic rings. The normalized spacial score (nSPS) is 10.6. The number of hydrogen-bond donors (Lipinski definition) is 2. The minimum Gasteiger partial charge on any atom is -0.497 e. The predicted molar refractivity (Wildman–Crippen MR) is 114 cm³/mol. The third-order valence-corrected chi connectivity index (χ3v) is 4.61. The molecule has 0 saturated carbocycles. The molecule has 4 aromatic rings. The molecule has 2 aromatic heterocycles. The standard InChI is InChI=1S/C22H18FN5O4/c1-13-9-15(31-2)4-5-17(13)27-22(30)20-8-7-19(32-20)21(29)26-14-3-6-18(16(23)10-14)28-12-24-11-25-28/h3-12H,1-2H3,(H,26,29)(H,27,30). The van der Waals surface area contributed by atoms with E-state index >= 15 is 0 Å². The van der Waals surface area contributed by atoms with Crippen molar-refractivity contribution in [1.29, 1.82) is 0 Å². The SMILES string of the molecule is COc1ccc(NC(=O)c2ccc(C(=O)Nc3ccc(-n4cncn4)c(F)c3)o2)c(C)c1. The number of hydrogen-bond acceptors (Lipinski definition) is 6. The second-order valence-corrected chi connectivity index (χ2v) is 6.76. The van der Waals surface area contributed by atoms with E-state index in [1.165, 1.54) is 41.6 Å². The van der Waals surface area contributed by atoms with Crippen molar-refractivity contribution in [3.63, 3.8) is 0 Å². The van der Waals surface area contributed by atoms with Crippen LogP contribution >= 0.6 is 0 Å². The Hall–Kier alpha value is -4.47. The van der Waals surface area contributed by atoms with Crippen LogP contribution in [0.1, 0.15) is 26.7 Å². The molecule has 9 nitrogen and oxygen atoms in total. The van der Waals surface area contributed by atoms with E-state index in [-0.39, 0.29) is 22.9 Å². The van der Waals surface area contributed by atoms with E-state index in [0.717, 1.165) is 11.6 Å². The average Bonchev–Trinajstić information content (AvgIpc) is 3.48. The molecule has 2 heterocycles. The van der Waals surface area contributed by atoms with E-state index in [2.05, 4.69) is 20.7 Å². The molecule has 0 aliphatic heterocycles. The van der Waals surface area contributed by atoms with Crippen LogP contribution in [0.2, 0.25) is 0 Å². The average molecular weight is 435 g/mol. The number of carbonyl (C=O) groups is 2. The summed E-state index contributed by atoms with van der Waals surface area (Å²) < 4.78 is 26.1. The maximum atomic E-state index is 14.3. The lowest BCUT2D eigenvalue weighted by Crippen LogP contribution is -2.13. The van der Waals surface area contributed by atoms with Crippen molar-refractivity contribution < 1.29 is 23.1 Å². The molecule has 0 fully saturated rings. The Morgan fingerprint density at radius 2 is 1.78 bits per heavy atom. The van der Waals surface area contributed by atoms with Crippen molar-refractivity contribution in [1.82, 2.24) is 14.8 Å². The zero-order valence-corrected chi connectivity index (χ0v) is 17.1. The summed E-state index contributed by atoms with van der Waals surface area (Å²) in [5.74, 6) is -1.20. The Labute approximate surface area is 181 Å². The minimum atomic E-state index is -0.627. The molecular weight excluding hydrogens is 417 g/mol. The van der Waals surface area contributed by atoms with Crippen LogP contribution in [0.5, 0.6) is 5.75 Å². The van der Waals surface area contributed by atoms with Crippen LogP contribution in [0.4, 0.5) is 15.8 Å². The van der Waals surface area contributed by atoms with E-state index in [0.29, 0.717) is 11.4 Å².